The largest absolute Gasteiger partial charge is 0.371 e. The zero-order valence-electron chi connectivity index (χ0n) is 23.9. The molecule has 2 fully saturated rings. The van der Waals surface area contributed by atoms with Crippen LogP contribution in [0.3, 0.4) is 0 Å². The first-order valence-corrected chi connectivity index (χ1v) is 14.3. The first-order valence-electron chi connectivity index (χ1n) is 13.2. The molecule has 0 spiro atoms. The molecule has 1 unspecified atom stereocenters. The number of hydrogen-bond donors (Lipinski definition) is 2. The molecule has 1 atom stereocenters. The molecule has 5 rings (SSSR count). The maximum absolute atomic E-state index is 13.2. The van der Waals surface area contributed by atoms with Gasteiger partial charge in [0.25, 0.3) is 0 Å². The second-order valence-electron chi connectivity index (χ2n) is 10.4. The molecule has 0 aromatic heterocycles. The van der Waals surface area contributed by atoms with Crippen LogP contribution in [-0.2, 0) is 15.1 Å². The van der Waals surface area contributed by atoms with Gasteiger partial charge in [0.05, 0.1) is 5.75 Å². The number of nitrogens with two attached hydrogens (primary N) is 1. The Morgan fingerprint density at radius 2 is 1.62 bits per heavy atom. The van der Waals surface area contributed by atoms with Crippen LogP contribution in [0.25, 0.3) is 0 Å². The van der Waals surface area contributed by atoms with Crippen molar-refractivity contribution in [2.24, 2.45) is 5.73 Å². The van der Waals surface area contributed by atoms with E-state index in [0.29, 0.717) is 5.75 Å². The van der Waals surface area contributed by atoms with Crippen LogP contribution in [0.15, 0.2) is 54.6 Å². The van der Waals surface area contributed by atoms with E-state index < -0.39 is 0 Å². The predicted molar refractivity (Wildman–Crippen MR) is 162 cm³/mol. The molecule has 1 saturated carbocycles. The van der Waals surface area contributed by atoms with Gasteiger partial charge in [-0.1, -0.05) is 42.0 Å². The van der Waals surface area contributed by atoms with Crippen molar-refractivity contribution in [3.63, 3.8) is 0 Å². The highest BCUT2D eigenvalue weighted by Crippen LogP contribution is 2.45. The lowest BCUT2D eigenvalue weighted by Crippen LogP contribution is -2.43. The van der Waals surface area contributed by atoms with Crippen molar-refractivity contribution in [2.75, 3.05) is 24.6 Å². The van der Waals surface area contributed by atoms with Crippen molar-refractivity contribution in [1.82, 2.24) is 0 Å². The summed E-state index contributed by atoms with van der Waals surface area (Å²) in [5.74, 6) is 0.254. The van der Waals surface area contributed by atoms with E-state index in [2.05, 4.69) is 56.7 Å². The van der Waals surface area contributed by atoms with Gasteiger partial charge in [0.1, 0.15) is 18.0 Å². The molecule has 0 radical (unpaired) electrons. The number of anilines is 1. The quantitative estimate of drug-likeness (QED) is 0.340. The van der Waals surface area contributed by atoms with Gasteiger partial charge in [0.2, 0.25) is 5.91 Å². The summed E-state index contributed by atoms with van der Waals surface area (Å²) in [4.78, 5) is 14.4. The molecule has 1 aliphatic heterocycles. The summed E-state index contributed by atoms with van der Waals surface area (Å²) in [5.41, 5.74) is 15.9. The van der Waals surface area contributed by atoms with Gasteiger partial charge < -0.3 is 15.6 Å². The number of ether oxygens (including phenoxy) is 1. The Morgan fingerprint density at radius 3 is 2.10 bits per heavy atom. The number of methoxy groups -OCH3 is 1. The van der Waals surface area contributed by atoms with Gasteiger partial charge >= 0.3 is 0 Å². The van der Waals surface area contributed by atoms with Crippen LogP contribution in [-0.4, -0.2) is 30.7 Å². The average molecular weight is 555 g/mol. The smallest absolute Gasteiger partial charge is 0.238 e. The summed E-state index contributed by atoms with van der Waals surface area (Å²) in [5, 5.41) is 7.54. The Hall–Kier alpha value is -2.71. The molecule has 2 aliphatic rings. The Kier molecular flexibility index (Phi) is 10.7. The van der Waals surface area contributed by atoms with E-state index in [4.69, 9.17) is 10.8 Å². The maximum Gasteiger partial charge on any atom is 0.238 e. The van der Waals surface area contributed by atoms with Crippen molar-refractivity contribution in [1.29, 1.82) is 0 Å². The first-order chi connectivity index (χ1) is 18.5. The molecule has 3 aromatic rings. The molecular formula is C32H43FN2O3S. The molecule has 3 aromatic carbocycles. The zero-order valence-corrected chi connectivity index (χ0v) is 24.7. The lowest BCUT2D eigenvalue weighted by Gasteiger charge is -2.39. The fraction of sp³-hybridized carbons (Fsp3) is 0.406. The summed E-state index contributed by atoms with van der Waals surface area (Å²) < 4.78 is 17.3. The molecule has 1 heterocycles. The maximum atomic E-state index is 13.2. The minimum atomic E-state index is -0.265. The van der Waals surface area contributed by atoms with Crippen LogP contribution in [0.2, 0.25) is 0 Å². The topological polar surface area (TPSA) is 75.8 Å². The summed E-state index contributed by atoms with van der Waals surface area (Å²) in [6.07, 6.45) is 3.20. The number of aliphatic hydroxyl groups excluding tert-OH is 1. The number of hydrogen-bond acceptors (Lipinski definition) is 5. The van der Waals surface area contributed by atoms with Gasteiger partial charge in [-0.2, -0.15) is 0 Å². The Bertz CT molecular complexity index is 1260. The molecule has 5 nitrogen and oxygen atoms in total. The first kappa shape index (κ1) is 30.8. The van der Waals surface area contributed by atoms with Gasteiger partial charge in [-0.05, 0) is 105 Å². The average Bonchev–Trinajstić information content (AvgIpc) is 3.27. The van der Waals surface area contributed by atoms with Gasteiger partial charge in [-0.3, -0.25) is 9.69 Å². The van der Waals surface area contributed by atoms with E-state index in [1.165, 1.54) is 47.9 Å². The van der Waals surface area contributed by atoms with Crippen LogP contribution in [0, 0.1) is 40.4 Å². The third-order valence-corrected chi connectivity index (χ3v) is 8.71. The second kappa shape index (κ2) is 13.6. The van der Waals surface area contributed by atoms with E-state index in [9.17, 15) is 9.18 Å². The number of thioether (sulfide) groups is 1. The summed E-state index contributed by atoms with van der Waals surface area (Å²) >= 11 is 1.58. The number of aryl methyl sites for hydroxylation is 4. The standard InChI is InChI=1S/C20H21FN2OS.C10H14.C2H6O2.H2/c1-13-11-15(20(22)9-2-10-20)5-8-17(13)23-18(24)12-25-19(23)14-3-6-16(21)7-4-14;1-7-5-8(2)10(4)9(3)6-7;1-4-2-3;/h3-8,11,19H,2,9-10,12,22H2,1H3;5-6H,1-4H3;3H,2H2,1H3;1H. The van der Waals surface area contributed by atoms with E-state index in [1.807, 2.05) is 17.9 Å². The molecule has 212 valence electrons. The molecular weight excluding hydrogens is 511 g/mol. The summed E-state index contributed by atoms with van der Waals surface area (Å²) in [7, 11) is 1.43. The number of rotatable bonds is 4. The molecule has 1 saturated heterocycles. The number of benzene rings is 3. The number of amides is 1. The molecule has 7 heteroatoms. The van der Waals surface area contributed by atoms with Gasteiger partial charge in [-0.15, -0.1) is 11.8 Å². The van der Waals surface area contributed by atoms with Gasteiger partial charge in [0.15, 0.2) is 0 Å². The molecule has 3 N–H and O–H groups in total. The van der Waals surface area contributed by atoms with Crippen molar-refractivity contribution in [3.05, 3.63) is 99.4 Å². The van der Waals surface area contributed by atoms with Crippen LogP contribution >= 0.6 is 11.8 Å². The van der Waals surface area contributed by atoms with Gasteiger partial charge in [0, 0.05) is 19.8 Å². The predicted octanol–water partition coefficient (Wildman–Crippen LogP) is 7.00. The molecule has 39 heavy (non-hydrogen) atoms. The lowest BCUT2D eigenvalue weighted by atomic mass is 9.72. The van der Waals surface area contributed by atoms with Crippen LogP contribution in [0.4, 0.5) is 10.1 Å². The lowest BCUT2D eigenvalue weighted by molar-refractivity contribution is -0.115. The van der Waals surface area contributed by atoms with Crippen molar-refractivity contribution >= 4 is 23.4 Å². The number of aliphatic hydroxyl groups is 1. The normalized spacial score (nSPS) is 17.5. The number of halogens is 1. The zero-order chi connectivity index (χ0) is 28.7. The SMILES string of the molecule is COCO.Cc1cc(C)c(C)c(C)c1.Cc1cc(C2(N)CCC2)ccc1N1C(=O)CSC1c1ccc(F)cc1.[HH]. The van der Waals surface area contributed by atoms with Gasteiger partial charge in [-0.25, -0.2) is 4.39 Å². The third-order valence-electron chi connectivity index (χ3n) is 7.50. The summed E-state index contributed by atoms with van der Waals surface area (Å²) in [6, 6.07) is 17.0. The van der Waals surface area contributed by atoms with E-state index in [1.54, 1.807) is 23.9 Å². The Morgan fingerprint density at radius 1 is 1.03 bits per heavy atom. The Balaban J connectivity index is 0.000000312. The van der Waals surface area contributed by atoms with E-state index in [-0.39, 0.29) is 30.9 Å². The van der Waals surface area contributed by atoms with E-state index in [0.717, 1.165) is 35.2 Å². The minimum Gasteiger partial charge on any atom is -0.371 e. The number of nitrogens with zero attached hydrogens (tertiary/aromatic N) is 1. The fourth-order valence-corrected chi connectivity index (χ4v) is 6.06. The molecule has 1 amide bonds. The molecule has 0 bridgehead atoms. The van der Waals surface area contributed by atoms with Crippen molar-refractivity contribution in [2.45, 2.75) is 64.8 Å². The number of carbonyl (C=O) groups excluding carboxylic acids is 1. The molecule has 1 aliphatic carbocycles. The number of carbonyl (C=O) groups is 1. The fourth-order valence-electron chi connectivity index (χ4n) is 4.89. The highest BCUT2D eigenvalue weighted by atomic mass is 32.2. The Labute approximate surface area is 238 Å². The second-order valence-corrected chi connectivity index (χ2v) is 11.5. The van der Waals surface area contributed by atoms with Crippen molar-refractivity contribution in [3.8, 4) is 0 Å². The van der Waals surface area contributed by atoms with Crippen LogP contribution < -0.4 is 10.6 Å². The summed E-state index contributed by atoms with van der Waals surface area (Å²) in [6.45, 7) is 10.5. The van der Waals surface area contributed by atoms with Crippen molar-refractivity contribution < 1.29 is 20.5 Å². The monoisotopic (exact) mass is 554 g/mol. The third kappa shape index (κ3) is 7.48. The highest BCUT2D eigenvalue weighted by Gasteiger charge is 2.37. The minimum absolute atomic E-state index is 0. The van der Waals surface area contributed by atoms with Crippen LogP contribution in [0.5, 0.6) is 0 Å². The highest BCUT2D eigenvalue weighted by molar-refractivity contribution is 8.00. The van der Waals surface area contributed by atoms with E-state index >= 15 is 0 Å². The van der Waals surface area contributed by atoms with Crippen LogP contribution in [0.1, 0.15) is 65.0 Å².